The van der Waals surface area contributed by atoms with Crippen molar-refractivity contribution in [2.24, 2.45) is 0 Å². The first-order valence-electron chi connectivity index (χ1n) is 8.26. The van der Waals surface area contributed by atoms with Crippen LogP contribution in [0.1, 0.15) is 42.2 Å². The van der Waals surface area contributed by atoms with Crippen LogP contribution in [-0.2, 0) is 0 Å². The van der Waals surface area contributed by atoms with Crippen molar-refractivity contribution in [3.8, 4) is 11.1 Å². The zero-order chi connectivity index (χ0) is 16.4. The smallest absolute Gasteiger partial charge is 0.275 e. The van der Waals surface area contributed by atoms with Crippen molar-refractivity contribution in [2.75, 3.05) is 5.32 Å². The minimum Gasteiger partial charge on any atom is -0.305 e. The molecule has 4 rings (SSSR count). The van der Waals surface area contributed by atoms with E-state index in [1.807, 2.05) is 35.0 Å². The van der Waals surface area contributed by atoms with E-state index < -0.39 is 0 Å². The summed E-state index contributed by atoms with van der Waals surface area (Å²) in [5, 5.41) is 14.2. The standard InChI is InChI=1S/C18H19N5O/c24-18(16-10-11-20-23(16)14-8-4-5-9-14)21-17-15(12-19-22-17)13-6-2-1-3-7-13/h1-3,6-7,10-12,14H,4-5,8-9H2,(H2,19,21,22,24). The number of hydrogen-bond donors (Lipinski definition) is 2. The van der Waals surface area contributed by atoms with Crippen molar-refractivity contribution in [3.63, 3.8) is 0 Å². The van der Waals surface area contributed by atoms with Crippen molar-refractivity contribution in [1.29, 1.82) is 0 Å². The lowest BCUT2D eigenvalue weighted by Crippen LogP contribution is -2.20. The Hall–Kier alpha value is -2.89. The Kier molecular flexibility index (Phi) is 3.86. The number of carbonyl (C=O) groups excluding carboxylic acids is 1. The molecule has 1 aliphatic rings. The van der Waals surface area contributed by atoms with Gasteiger partial charge in [-0.15, -0.1) is 0 Å². The predicted molar refractivity (Wildman–Crippen MR) is 91.7 cm³/mol. The third-order valence-corrected chi connectivity index (χ3v) is 4.54. The maximum absolute atomic E-state index is 12.7. The van der Waals surface area contributed by atoms with Crippen molar-refractivity contribution in [3.05, 3.63) is 54.5 Å². The van der Waals surface area contributed by atoms with E-state index in [-0.39, 0.29) is 5.91 Å². The van der Waals surface area contributed by atoms with E-state index in [2.05, 4.69) is 20.6 Å². The molecule has 2 N–H and O–H groups in total. The highest BCUT2D eigenvalue weighted by atomic mass is 16.2. The highest BCUT2D eigenvalue weighted by Gasteiger charge is 2.23. The summed E-state index contributed by atoms with van der Waals surface area (Å²) in [7, 11) is 0. The molecule has 0 radical (unpaired) electrons. The maximum atomic E-state index is 12.7. The van der Waals surface area contributed by atoms with Gasteiger partial charge >= 0.3 is 0 Å². The average Bonchev–Trinajstić information content (AvgIpc) is 3.36. The topological polar surface area (TPSA) is 75.6 Å². The number of rotatable bonds is 4. The Morgan fingerprint density at radius 3 is 2.75 bits per heavy atom. The van der Waals surface area contributed by atoms with Crippen LogP contribution in [0.3, 0.4) is 0 Å². The van der Waals surface area contributed by atoms with E-state index in [1.165, 1.54) is 12.8 Å². The van der Waals surface area contributed by atoms with E-state index in [0.717, 1.165) is 24.0 Å². The second kappa shape index (κ2) is 6.31. The molecular weight excluding hydrogens is 302 g/mol. The van der Waals surface area contributed by atoms with Crippen LogP contribution >= 0.6 is 0 Å². The maximum Gasteiger partial charge on any atom is 0.275 e. The van der Waals surface area contributed by atoms with Gasteiger partial charge in [0.2, 0.25) is 0 Å². The molecule has 122 valence electrons. The zero-order valence-electron chi connectivity index (χ0n) is 13.3. The van der Waals surface area contributed by atoms with Crippen LogP contribution in [0.25, 0.3) is 11.1 Å². The van der Waals surface area contributed by atoms with Crippen LogP contribution in [0.4, 0.5) is 5.82 Å². The lowest BCUT2D eigenvalue weighted by Gasteiger charge is -2.14. The molecule has 2 aromatic heterocycles. The van der Waals surface area contributed by atoms with Gasteiger partial charge in [-0.3, -0.25) is 14.6 Å². The van der Waals surface area contributed by atoms with Gasteiger partial charge in [-0.1, -0.05) is 43.2 Å². The second-order valence-corrected chi connectivity index (χ2v) is 6.08. The summed E-state index contributed by atoms with van der Waals surface area (Å²) in [6.45, 7) is 0. The number of aromatic nitrogens is 4. The van der Waals surface area contributed by atoms with Crippen LogP contribution in [-0.4, -0.2) is 25.9 Å². The second-order valence-electron chi connectivity index (χ2n) is 6.08. The summed E-state index contributed by atoms with van der Waals surface area (Å²) in [6, 6.07) is 12.0. The van der Waals surface area contributed by atoms with Crippen molar-refractivity contribution in [1.82, 2.24) is 20.0 Å². The van der Waals surface area contributed by atoms with Gasteiger partial charge in [0.1, 0.15) is 11.5 Å². The van der Waals surface area contributed by atoms with Crippen molar-refractivity contribution in [2.45, 2.75) is 31.7 Å². The number of nitrogens with zero attached hydrogens (tertiary/aromatic N) is 3. The molecule has 1 saturated carbocycles. The lowest BCUT2D eigenvalue weighted by atomic mass is 10.1. The summed E-state index contributed by atoms with van der Waals surface area (Å²) in [6.07, 6.45) is 7.98. The number of H-pyrrole nitrogens is 1. The van der Waals surface area contributed by atoms with E-state index >= 15 is 0 Å². The molecule has 6 heteroatoms. The molecular formula is C18H19N5O. The fraction of sp³-hybridized carbons (Fsp3) is 0.278. The van der Waals surface area contributed by atoms with Gasteiger partial charge in [0, 0.05) is 11.8 Å². The third kappa shape index (κ3) is 2.71. The van der Waals surface area contributed by atoms with Crippen LogP contribution < -0.4 is 5.32 Å². The molecule has 24 heavy (non-hydrogen) atoms. The molecule has 1 aliphatic carbocycles. The number of aromatic amines is 1. The van der Waals surface area contributed by atoms with Crippen LogP contribution in [0.2, 0.25) is 0 Å². The van der Waals surface area contributed by atoms with Crippen LogP contribution in [0, 0.1) is 0 Å². The van der Waals surface area contributed by atoms with Gasteiger partial charge in [-0.2, -0.15) is 10.2 Å². The molecule has 2 heterocycles. The minimum absolute atomic E-state index is 0.166. The molecule has 1 amide bonds. The Balaban J connectivity index is 1.58. The Morgan fingerprint density at radius 2 is 1.96 bits per heavy atom. The van der Waals surface area contributed by atoms with Gasteiger partial charge in [0.15, 0.2) is 0 Å². The monoisotopic (exact) mass is 321 g/mol. The van der Waals surface area contributed by atoms with Gasteiger partial charge in [0.05, 0.1) is 12.2 Å². The summed E-state index contributed by atoms with van der Waals surface area (Å²) in [4.78, 5) is 12.7. The number of amides is 1. The Labute approximate surface area is 139 Å². The van der Waals surface area contributed by atoms with E-state index in [1.54, 1.807) is 18.5 Å². The number of hydrogen-bond acceptors (Lipinski definition) is 3. The Bertz CT molecular complexity index is 830. The number of anilines is 1. The summed E-state index contributed by atoms with van der Waals surface area (Å²) >= 11 is 0. The fourth-order valence-electron chi connectivity index (χ4n) is 3.33. The van der Waals surface area contributed by atoms with E-state index in [9.17, 15) is 4.79 Å². The summed E-state index contributed by atoms with van der Waals surface area (Å²) in [5.41, 5.74) is 2.47. The largest absolute Gasteiger partial charge is 0.305 e. The number of nitrogens with one attached hydrogen (secondary N) is 2. The summed E-state index contributed by atoms with van der Waals surface area (Å²) in [5.74, 6) is 0.436. The molecule has 1 aromatic carbocycles. The van der Waals surface area contributed by atoms with Gasteiger partial charge < -0.3 is 5.32 Å². The first-order valence-corrected chi connectivity index (χ1v) is 8.26. The van der Waals surface area contributed by atoms with Crippen LogP contribution in [0.5, 0.6) is 0 Å². The number of carbonyl (C=O) groups is 1. The molecule has 0 atom stereocenters. The molecule has 0 bridgehead atoms. The third-order valence-electron chi connectivity index (χ3n) is 4.54. The van der Waals surface area contributed by atoms with Crippen molar-refractivity contribution < 1.29 is 4.79 Å². The molecule has 0 aliphatic heterocycles. The number of benzene rings is 1. The van der Waals surface area contributed by atoms with Gasteiger partial charge in [-0.05, 0) is 24.5 Å². The molecule has 0 saturated heterocycles. The molecule has 3 aromatic rings. The average molecular weight is 321 g/mol. The molecule has 0 spiro atoms. The molecule has 1 fully saturated rings. The first kappa shape index (κ1) is 14.7. The van der Waals surface area contributed by atoms with E-state index in [4.69, 9.17) is 0 Å². The van der Waals surface area contributed by atoms with Gasteiger partial charge in [-0.25, -0.2) is 0 Å². The Morgan fingerprint density at radius 1 is 1.17 bits per heavy atom. The SMILES string of the molecule is O=C(Nc1[nH]ncc1-c1ccccc1)c1ccnn1C1CCCC1. The summed E-state index contributed by atoms with van der Waals surface area (Å²) < 4.78 is 1.86. The van der Waals surface area contributed by atoms with Crippen LogP contribution in [0.15, 0.2) is 48.8 Å². The highest BCUT2D eigenvalue weighted by molar-refractivity contribution is 6.04. The highest BCUT2D eigenvalue weighted by Crippen LogP contribution is 2.30. The predicted octanol–water partition coefficient (Wildman–Crippen LogP) is 3.64. The fourth-order valence-corrected chi connectivity index (χ4v) is 3.33. The molecule has 6 nitrogen and oxygen atoms in total. The van der Waals surface area contributed by atoms with E-state index in [0.29, 0.717) is 17.6 Å². The first-order chi connectivity index (χ1) is 11.8. The minimum atomic E-state index is -0.166. The lowest BCUT2D eigenvalue weighted by molar-refractivity contribution is 0.101. The normalized spacial score (nSPS) is 14.8. The quantitative estimate of drug-likeness (QED) is 0.770. The molecule has 0 unspecified atom stereocenters. The van der Waals surface area contributed by atoms with Gasteiger partial charge in [0.25, 0.3) is 5.91 Å². The van der Waals surface area contributed by atoms with Crippen molar-refractivity contribution >= 4 is 11.7 Å². The zero-order valence-corrected chi connectivity index (χ0v) is 13.3.